The Morgan fingerprint density at radius 1 is 1.00 bits per heavy atom. The molecule has 3 heteroatoms. The van der Waals surface area contributed by atoms with Crippen molar-refractivity contribution in [1.29, 1.82) is 0 Å². The van der Waals surface area contributed by atoms with Crippen molar-refractivity contribution in [3.05, 3.63) is 70.8 Å². The van der Waals surface area contributed by atoms with Gasteiger partial charge in [-0.3, -0.25) is 0 Å². The second kappa shape index (κ2) is 6.62. The van der Waals surface area contributed by atoms with E-state index in [1.807, 2.05) is 38.2 Å². The molecule has 1 nitrogen and oxygen atoms in total. The smallest absolute Gasteiger partial charge is 0.129 e. The first kappa shape index (κ1) is 14.7. The molecule has 2 aromatic rings. The zero-order valence-electron chi connectivity index (χ0n) is 11.8. The summed E-state index contributed by atoms with van der Waals surface area (Å²) in [5.74, 6) is -0.896. The van der Waals surface area contributed by atoms with E-state index in [4.69, 9.17) is 0 Å². The van der Waals surface area contributed by atoms with Crippen LogP contribution in [0.25, 0.3) is 0 Å². The van der Waals surface area contributed by atoms with Crippen molar-refractivity contribution in [1.82, 2.24) is 5.32 Å². The fourth-order valence-corrected chi connectivity index (χ4v) is 2.56. The lowest BCUT2D eigenvalue weighted by Gasteiger charge is -2.20. The first-order valence-electron chi connectivity index (χ1n) is 6.76. The molecule has 1 atom stereocenters. The Morgan fingerprint density at radius 3 is 2.25 bits per heavy atom. The minimum atomic E-state index is -0.473. The molecular formula is C17H19F2N. The Labute approximate surface area is 118 Å². The standard InChI is InChI=1S/C17H19F2N/c1-12-6-3-4-7-14(12)13(11-20-2)10-15-16(18)8-5-9-17(15)19/h3-9,13,20H,10-11H2,1-2H3. The molecule has 0 aromatic heterocycles. The van der Waals surface area contributed by atoms with Crippen molar-refractivity contribution < 1.29 is 8.78 Å². The quantitative estimate of drug-likeness (QED) is 0.874. The predicted octanol–water partition coefficient (Wildman–Crippen LogP) is 3.82. The molecule has 2 rings (SSSR count). The van der Waals surface area contributed by atoms with Crippen LogP contribution >= 0.6 is 0 Å². The highest BCUT2D eigenvalue weighted by Crippen LogP contribution is 2.26. The number of aryl methyl sites for hydroxylation is 1. The summed E-state index contributed by atoms with van der Waals surface area (Å²) in [4.78, 5) is 0. The van der Waals surface area contributed by atoms with Crippen LogP contribution in [0.2, 0.25) is 0 Å². The van der Waals surface area contributed by atoms with Gasteiger partial charge in [0, 0.05) is 18.0 Å². The van der Waals surface area contributed by atoms with Crippen LogP contribution in [0.4, 0.5) is 8.78 Å². The van der Waals surface area contributed by atoms with Gasteiger partial charge in [-0.2, -0.15) is 0 Å². The Balaban J connectivity index is 2.33. The van der Waals surface area contributed by atoms with Crippen LogP contribution < -0.4 is 5.32 Å². The molecule has 0 bridgehead atoms. The number of nitrogens with one attached hydrogen (secondary N) is 1. The molecule has 20 heavy (non-hydrogen) atoms. The molecule has 0 heterocycles. The Kier molecular flexibility index (Phi) is 4.85. The van der Waals surface area contributed by atoms with Crippen LogP contribution in [-0.2, 0) is 6.42 Å². The third-order valence-corrected chi connectivity index (χ3v) is 3.59. The summed E-state index contributed by atoms with van der Waals surface area (Å²) in [6, 6.07) is 12.0. The number of hydrogen-bond donors (Lipinski definition) is 1. The number of likely N-dealkylation sites (N-methyl/N-ethyl adjacent to an activating group) is 1. The third-order valence-electron chi connectivity index (χ3n) is 3.59. The summed E-state index contributed by atoms with van der Waals surface area (Å²) >= 11 is 0. The van der Waals surface area contributed by atoms with Crippen molar-refractivity contribution in [3.63, 3.8) is 0 Å². The summed E-state index contributed by atoms with van der Waals surface area (Å²) < 4.78 is 27.6. The van der Waals surface area contributed by atoms with Crippen LogP contribution in [0.5, 0.6) is 0 Å². The van der Waals surface area contributed by atoms with Gasteiger partial charge in [0.15, 0.2) is 0 Å². The van der Waals surface area contributed by atoms with Crippen LogP contribution in [0, 0.1) is 18.6 Å². The molecule has 106 valence electrons. The largest absolute Gasteiger partial charge is 0.319 e. The lowest BCUT2D eigenvalue weighted by molar-refractivity contribution is 0.528. The highest BCUT2D eigenvalue weighted by Gasteiger charge is 2.18. The lowest BCUT2D eigenvalue weighted by atomic mass is 9.89. The average Bonchev–Trinajstić information content (AvgIpc) is 2.43. The maximum atomic E-state index is 13.8. The monoisotopic (exact) mass is 275 g/mol. The van der Waals surface area contributed by atoms with Gasteiger partial charge in [-0.1, -0.05) is 30.3 Å². The van der Waals surface area contributed by atoms with Crippen molar-refractivity contribution in [2.75, 3.05) is 13.6 Å². The van der Waals surface area contributed by atoms with Crippen molar-refractivity contribution in [3.8, 4) is 0 Å². The first-order valence-corrected chi connectivity index (χ1v) is 6.76. The molecule has 1 N–H and O–H groups in total. The minimum Gasteiger partial charge on any atom is -0.319 e. The number of halogens is 2. The van der Waals surface area contributed by atoms with Gasteiger partial charge in [0.25, 0.3) is 0 Å². The van der Waals surface area contributed by atoms with Gasteiger partial charge in [-0.25, -0.2) is 8.78 Å². The normalized spacial score (nSPS) is 12.4. The summed E-state index contributed by atoms with van der Waals surface area (Å²) in [5, 5.41) is 3.11. The van der Waals surface area contributed by atoms with Crippen LogP contribution in [0.15, 0.2) is 42.5 Å². The van der Waals surface area contributed by atoms with Crippen LogP contribution in [0.1, 0.15) is 22.6 Å². The average molecular weight is 275 g/mol. The zero-order chi connectivity index (χ0) is 14.5. The fourth-order valence-electron chi connectivity index (χ4n) is 2.56. The second-order valence-electron chi connectivity index (χ2n) is 5.02. The zero-order valence-corrected chi connectivity index (χ0v) is 11.8. The molecule has 0 saturated carbocycles. The second-order valence-corrected chi connectivity index (χ2v) is 5.02. The van der Waals surface area contributed by atoms with Gasteiger partial charge < -0.3 is 5.32 Å². The van der Waals surface area contributed by atoms with Gasteiger partial charge >= 0.3 is 0 Å². The van der Waals surface area contributed by atoms with Crippen molar-refractivity contribution in [2.24, 2.45) is 0 Å². The van der Waals surface area contributed by atoms with E-state index in [2.05, 4.69) is 5.32 Å². The van der Waals surface area contributed by atoms with E-state index in [1.54, 1.807) is 0 Å². The van der Waals surface area contributed by atoms with Gasteiger partial charge in [-0.05, 0) is 43.7 Å². The van der Waals surface area contributed by atoms with Crippen molar-refractivity contribution in [2.45, 2.75) is 19.3 Å². The Bertz CT molecular complexity index is 561. The van der Waals surface area contributed by atoms with Gasteiger partial charge in [-0.15, -0.1) is 0 Å². The highest BCUT2D eigenvalue weighted by atomic mass is 19.1. The van der Waals surface area contributed by atoms with E-state index >= 15 is 0 Å². The molecule has 0 fully saturated rings. The number of rotatable bonds is 5. The number of benzene rings is 2. The van der Waals surface area contributed by atoms with E-state index in [0.717, 1.165) is 11.1 Å². The third kappa shape index (κ3) is 3.23. The van der Waals surface area contributed by atoms with E-state index < -0.39 is 11.6 Å². The Morgan fingerprint density at radius 2 is 1.65 bits per heavy atom. The molecule has 2 aromatic carbocycles. The fraction of sp³-hybridized carbons (Fsp3) is 0.294. The maximum absolute atomic E-state index is 13.8. The minimum absolute atomic E-state index is 0.0487. The molecule has 0 amide bonds. The van der Waals surface area contributed by atoms with Gasteiger partial charge in [0.05, 0.1) is 0 Å². The summed E-state index contributed by atoms with van der Waals surface area (Å²) in [6.07, 6.45) is 0.351. The first-order chi connectivity index (χ1) is 9.63. The van der Waals surface area contributed by atoms with Crippen LogP contribution in [0.3, 0.4) is 0 Å². The topological polar surface area (TPSA) is 12.0 Å². The molecule has 0 aliphatic carbocycles. The molecule has 0 saturated heterocycles. The molecule has 0 spiro atoms. The van der Waals surface area contributed by atoms with Crippen molar-refractivity contribution >= 4 is 0 Å². The van der Waals surface area contributed by atoms with Crippen LogP contribution in [-0.4, -0.2) is 13.6 Å². The SMILES string of the molecule is CNCC(Cc1c(F)cccc1F)c1ccccc1C. The predicted molar refractivity (Wildman–Crippen MR) is 77.9 cm³/mol. The maximum Gasteiger partial charge on any atom is 0.129 e. The van der Waals surface area contributed by atoms with E-state index in [1.165, 1.54) is 18.2 Å². The van der Waals surface area contributed by atoms with E-state index in [0.29, 0.717) is 13.0 Å². The highest BCUT2D eigenvalue weighted by molar-refractivity contribution is 5.32. The molecule has 0 aliphatic heterocycles. The van der Waals surface area contributed by atoms with Gasteiger partial charge in [0.2, 0.25) is 0 Å². The molecule has 0 aliphatic rings. The van der Waals surface area contributed by atoms with E-state index in [9.17, 15) is 8.78 Å². The molecule has 0 radical (unpaired) electrons. The summed E-state index contributed by atoms with van der Waals surface area (Å²) in [6.45, 7) is 2.70. The summed E-state index contributed by atoms with van der Waals surface area (Å²) in [5.41, 5.74) is 2.44. The summed E-state index contributed by atoms with van der Waals surface area (Å²) in [7, 11) is 1.85. The van der Waals surface area contributed by atoms with E-state index in [-0.39, 0.29) is 11.5 Å². The molecule has 1 unspecified atom stereocenters. The van der Waals surface area contributed by atoms with Gasteiger partial charge in [0.1, 0.15) is 11.6 Å². The molecular weight excluding hydrogens is 256 g/mol. The Hall–Kier alpha value is -1.74. The number of hydrogen-bond acceptors (Lipinski definition) is 1. The lowest BCUT2D eigenvalue weighted by Crippen LogP contribution is -2.20.